The summed E-state index contributed by atoms with van der Waals surface area (Å²) < 4.78 is 23.0. The van der Waals surface area contributed by atoms with Gasteiger partial charge in [-0.25, -0.2) is 8.42 Å². The molecule has 23 heavy (non-hydrogen) atoms. The van der Waals surface area contributed by atoms with Gasteiger partial charge >= 0.3 is 0 Å². The number of likely N-dealkylation sites (tertiary alicyclic amines) is 1. The molecule has 2 heterocycles. The smallest absolute Gasteiger partial charge is 0.175 e. The van der Waals surface area contributed by atoms with Crippen LogP contribution in [-0.4, -0.2) is 42.9 Å². The van der Waals surface area contributed by atoms with E-state index < -0.39 is 9.84 Å². The molecular formula is C17H23N3O2S. The summed E-state index contributed by atoms with van der Waals surface area (Å²) in [5.41, 5.74) is 2.37. The Morgan fingerprint density at radius 3 is 2.70 bits per heavy atom. The van der Waals surface area contributed by atoms with Crippen LogP contribution in [0.5, 0.6) is 0 Å². The van der Waals surface area contributed by atoms with Crippen LogP contribution in [0.2, 0.25) is 0 Å². The molecule has 0 saturated carbocycles. The van der Waals surface area contributed by atoms with E-state index in [0.717, 1.165) is 26.1 Å². The van der Waals surface area contributed by atoms with Crippen LogP contribution in [0.15, 0.2) is 41.4 Å². The van der Waals surface area contributed by atoms with E-state index in [0.29, 0.717) is 10.8 Å². The van der Waals surface area contributed by atoms with Crippen molar-refractivity contribution in [1.29, 1.82) is 0 Å². The summed E-state index contributed by atoms with van der Waals surface area (Å²) in [6, 6.07) is 9.31. The molecule has 1 saturated heterocycles. The van der Waals surface area contributed by atoms with Crippen LogP contribution in [0.25, 0.3) is 0 Å². The molecule has 1 aromatic heterocycles. The van der Waals surface area contributed by atoms with E-state index in [-0.39, 0.29) is 0 Å². The van der Waals surface area contributed by atoms with Crippen LogP contribution in [-0.2, 0) is 22.8 Å². The molecule has 3 rings (SSSR count). The van der Waals surface area contributed by atoms with E-state index in [9.17, 15) is 8.42 Å². The minimum absolute atomic E-state index is 0.386. The lowest BCUT2D eigenvalue weighted by Crippen LogP contribution is -2.35. The molecule has 0 amide bonds. The van der Waals surface area contributed by atoms with Gasteiger partial charge in [0.05, 0.1) is 4.90 Å². The molecule has 1 atom stereocenters. The molecule has 5 nitrogen and oxygen atoms in total. The first kappa shape index (κ1) is 16.2. The van der Waals surface area contributed by atoms with Crippen LogP contribution >= 0.6 is 0 Å². The number of nitrogens with one attached hydrogen (secondary N) is 1. The number of H-pyrrole nitrogens is 1. The van der Waals surface area contributed by atoms with Crippen LogP contribution in [0, 0.1) is 5.92 Å². The van der Waals surface area contributed by atoms with Gasteiger partial charge in [-0.3, -0.25) is 10.00 Å². The predicted octanol–water partition coefficient (Wildman–Crippen LogP) is 2.27. The zero-order valence-electron chi connectivity index (χ0n) is 13.4. The molecule has 1 aromatic carbocycles. The number of nitrogens with zero attached hydrogens (tertiary/aromatic N) is 2. The molecule has 1 fully saturated rings. The normalized spacial score (nSPS) is 19.8. The lowest BCUT2D eigenvalue weighted by Gasteiger charge is -2.32. The van der Waals surface area contributed by atoms with Gasteiger partial charge in [0, 0.05) is 31.2 Å². The Morgan fingerprint density at radius 1 is 1.26 bits per heavy atom. The summed E-state index contributed by atoms with van der Waals surface area (Å²) in [6.07, 6.45) is 6.55. The highest BCUT2D eigenvalue weighted by Crippen LogP contribution is 2.22. The van der Waals surface area contributed by atoms with E-state index in [1.807, 2.05) is 18.2 Å². The number of benzene rings is 1. The molecule has 1 aliphatic heterocycles. The quantitative estimate of drug-likeness (QED) is 0.911. The van der Waals surface area contributed by atoms with Crippen LogP contribution < -0.4 is 0 Å². The van der Waals surface area contributed by atoms with Crippen molar-refractivity contribution in [2.75, 3.05) is 19.3 Å². The maximum Gasteiger partial charge on any atom is 0.175 e. The van der Waals surface area contributed by atoms with Crippen molar-refractivity contribution in [3.05, 3.63) is 47.8 Å². The van der Waals surface area contributed by atoms with Gasteiger partial charge in [0.2, 0.25) is 0 Å². The fraction of sp³-hybridized carbons (Fsp3) is 0.471. The van der Waals surface area contributed by atoms with E-state index in [2.05, 4.69) is 15.1 Å². The summed E-state index contributed by atoms with van der Waals surface area (Å²) in [6.45, 7) is 3.06. The van der Waals surface area contributed by atoms with Crippen molar-refractivity contribution in [3.63, 3.8) is 0 Å². The maximum atomic E-state index is 11.5. The van der Waals surface area contributed by atoms with Crippen LogP contribution in [0.4, 0.5) is 0 Å². The second-order valence-corrected chi connectivity index (χ2v) is 8.46. The summed E-state index contributed by atoms with van der Waals surface area (Å²) in [5, 5.41) is 7.06. The van der Waals surface area contributed by atoms with Crippen molar-refractivity contribution < 1.29 is 8.42 Å². The minimum Gasteiger partial charge on any atom is -0.299 e. The highest BCUT2D eigenvalue weighted by molar-refractivity contribution is 7.90. The van der Waals surface area contributed by atoms with Crippen molar-refractivity contribution in [1.82, 2.24) is 15.1 Å². The number of aromatic nitrogens is 2. The van der Waals surface area contributed by atoms with Crippen molar-refractivity contribution >= 4 is 9.84 Å². The number of sulfone groups is 1. The Morgan fingerprint density at radius 2 is 2.04 bits per heavy atom. The van der Waals surface area contributed by atoms with Gasteiger partial charge in [0.25, 0.3) is 0 Å². The summed E-state index contributed by atoms with van der Waals surface area (Å²) in [4.78, 5) is 2.84. The highest BCUT2D eigenvalue weighted by Gasteiger charge is 2.20. The van der Waals surface area contributed by atoms with Crippen molar-refractivity contribution in [3.8, 4) is 0 Å². The predicted molar refractivity (Wildman–Crippen MR) is 89.8 cm³/mol. The zero-order chi connectivity index (χ0) is 16.3. The van der Waals surface area contributed by atoms with Crippen LogP contribution in [0.3, 0.4) is 0 Å². The lowest BCUT2D eigenvalue weighted by molar-refractivity contribution is 0.166. The third-order valence-electron chi connectivity index (χ3n) is 4.43. The minimum atomic E-state index is -3.11. The fourth-order valence-corrected chi connectivity index (χ4v) is 3.90. The molecule has 2 aromatic rings. The first-order chi connectivity index (χ1) is 11.0. The van der Waals surface area contributed by atoms with E-state index in [1.54, 1.807) is 18.3 Å². The number of rotatable bonds is 5. The van der Waals surface area contributed by atoms with Crippen molar-refractivity contribution in [2.45, 2.75) is 30.7 Å². The molecule has 0 radical (unpaired) electrons. The number of piperidine rings is 1. The fourth-order valence-electron chi connectivity index (χ4n) is 3.27. The lowest BCUT2D eigenvalue weighted by atomic mass is 9.93. The first-order valence-electron chi connectivity index (χ1n) is 8.00. The average molecular weight is 333 g/mol. The standard InChI is InChI=1S/C17H23N3O2S/c1-23(21,22)17-6-4-14(5-7-17)12-20-10-2-3-15(13-20)11-16-8-9-18-19-16/h4-9,15H,2-3,10-13H2,1H3,(H,18,19)/t15-/m0/s1. The zero-order valence-corrected chi connectivity index (χ0v) is 14.2. The average Bonchev–Trinajstić information content (AvgIpc) is 3.00. The Kier molecular flexibility index (Phi) is 4.82. The van der Waals surface area contributed by atoms with E-state index >= 15 is 0 Å². The molecule has 0 spiro atoms. The van der Waals surface area contributed by atoms with Gasteiger partial charge in [-0.2, -0.15) is 5.10 Å². The van der Waals surface area contributed by atoms with Gasteiger partial charge in [0.15, 0.2) is 9.84 Å². The van der Waals surface area contributed by atoms with E-state index in [4.69, 9.17) is 0 Å². The largest absolute Gasteiger partial charge is 0.299 e. The second kappa shape index (κ2) is 6.84. The summed E-state index contributed by atoms with van der Waals surface area (Å²) in [7, 11) is -3.11. The molecule has 1 aliphatic rings. The molecule has 0 unspecified atom stereocenters. The Bertz CT molecular complexity index is 724. The third-order valence-corrected chi connectivity index (χ3v) is 5.56. The number of aromatic amines is 1. The van der Waals surface area contributed by atoms with Gasteiger partial charge in [-0.15, -0.1) is 0 Å². The third kappa shape index (κ3) is 4.42. The molecule has 6 heteroatoms. The molecule has 124 valence electrons. The van der Waals surface area contributed by atoms with E-state index in [1.165, 1.54) is 30.4 Å². The summed E-state index contributed by atoms with van der Waals surface area (Å²) in [5.74, 6) is 0.652. The summed E-state index contributed by atoms with van der Waals surface area (Å²) >= 11 is 0. The Balaban J connectivity index is 1.59. The van der Waals surface area contributed by atoms with Crippen molar-refractivity contribution in [2.24, 2.45) is 5.92 Å². The van der Waals surface area contributed by atoms with Gasteiger partial charge in [-0.1, -0.05) is 12.1 Å². The van der Waals surface area contributed by atoms with Gasteiger partial charge < -0.3 is 0 Å². The Hall–Kier alpha value is -1.66. The monoisotopic (exact) mass is 333 g/mol. The molecule has 0 aliphatic carbocycles. The topological polar surface area (TPSA) is 66.1 Å². The molecule has 0 bridgehead atoms. The van der Waals surface area contributed by atoms with Gasteiger partial charge in [0.1, 0.15) is 0 Å². The molecular weight excluding hydrogens is 310 g/mol. The van der Waals surface area contributed by atoms with Gasteiger partial charge in [-0.05, 0) is 55.5 Å². The second-order valence-electron chi connectivity index (χ2n) is 6.45. The highest BCUT2D eigenvalue weighted by atomic mass is 32.2. The first-order valence-corrected chi connectivity index (χ1v) is 9.89. The number of hydrogen-bond acceptors (Lipinski definition) is 4. The number of hydrogen-bond donors (Lipinski definition) is 1. The Labute approximate surface area is 137 Å². The van der Waals surface area contributed by atoms with Crippen LogP contribution in [0.1, 0.15) is 24.1 Å². The SMILES string of the molecule is CS(=O)(=O)c1ccc(CN2CCC[C@@H](Cc3ccn[nH]3)C2)cc1. The molecule has 1 N–H and O–H groups in total. The maximum absolute atomic E-state index is 11.5.